The van der Waals surface area contributed by atoms with Gasteiger partial charge < -0.3 is 25.4 Å². The fourth-order valence-electron chi connectivity index (χ4n) is 3.80. The highest BCUT2D eigenvalue weighted by atomic mass is 16.6. The highest BCUT2D eigenvalue weighted by Gasteiger charge is 2.45. The third kappa shape index (κ3) is 7.37. The third-order valence-electron chi connectivity index (χ3n) is 5.84. The van der Waals surface area contributed by atoms with Crippen LogP contribution in [-0.2, 0) is 14.3 Å². The van der Waals surface area contributed by atoms with Crippen LogP contribution in [0.2, 0.25) is 0 Å². The summed E-state index contributed by atoms with van der Waals surface area (Å²) in [6.07, 6.45) is 1.57. The number of ether oxygens (including phenoxy) is 1. The second-order valence-corrected chi connectivity index (χ2v) is 10.6. The Morgan fingerprint density at radius 1 is 1.15 bits per heavy atom. The summed E-state index contributed by atoms with van der Waals surface area (Å²) >= 11 is 0. The van der Waals surface area contributed by atoms with Gasteiger partial charge in [0.1, 0.15) is 23.4 Å². The summed E-state index contributed by atoms with van der Waals surface area (Å²) in [4.78, 5) is 41.6. The Balaban J connectivity index is 2.49. The molecule has 34 heavy (non-hydrogen) atoms. The van der Waals surface area contributed by atoms with E-state index in [0.717, 1.165) is 12.8 Å². The van der Waals surface area contributed by atoms with E-state index in [1.807, 2.05) is 27.7 Å². The van der Waals surface area contributed by atoms with E-state index in [1.54, 1.807) is 50.8 Å². The van der Waals surface area contributed by atoms with Crippen molar-refractivity contribution in [3.05, 3.63) is 29.3 Å². The molecule has 3 unspecified atom stereocenters. The maximum absolute atomic E-state index is 14.0. The van der Waals surface area contributed by atoms with Crippen LogP contribution in [0.4, 0.5) is 4.79 Å². The predicted octanol–water partition coefficient (Wildman–Crippen LogP) is 4.20. The fourth-order valence-corrected chi connectivity index (χ4v) is 3.80. The minimum atomic E-state index is -0.881. The zero-order valence-electron chi connectivity index (χ0n) is 21.8. The van der Waals surface area contributed by atoms with Crippen molar-refractivity contribution in [2.45, 2.75) is 104 Å². The molecule has 1 aromatic carbocycles. The van der Waals surface area contributed by atoms with Gasteiger partial charge >= 0.3 is 6.09 Å². The molecule has 0 aliphatic heterocycles. The predicted molar refractivity (Wildman–Crippen MR) is 131 cm³/mol. The maximum Gasteiger partial charge on any atom is 0.408 e. The molecular weight excluding hydrogens is 434 g/mol. The summed E-state index contributed by atoms with van der Waals surface area (Å²) in [7, 11) is 0. The van der Waals surface area contributed by atoms with E-state index in [2.05, 4.69) is 10.6 Å². The molecule has 8 nitrogen and oxygen atoms in total. The summed E-state index contributed by atoms with van der Waals surface area (Å²) in [5, 5.41) is 15.7. The molecule has 1 aromatic rings. The molecule has 3 amide bonds. The van der Waals surface area contributed by atoms with Crippen LogP contribution in [0.1, 0.15) is 84.9 Å². The van der Waals surface area contributed by atoms with Crippen LogP contribution in [0.5, 0.6) is 5.75 Å². The van der Waals surface area contributed by atoms with E-state index >= 15 is 0 Å². The Hall–Kier alpha value is -2.77. The van der Waals surface area contributed by atoms with Crippen LogP contribution in [-0.4, -0.2) is 51.6 Å². The number of nitrogens with zero attached hydrogens (tertiary/aromatic N) is 1. The number of aromatic hydroxyl groups is 1. The Bertz CT molecular complexity index is 889. The average Bonchev–Trinajstić information content (AvgIpc) is 3.54. The molecule has 8 heteroatoms. The molecular formula is C26H41N3O5. The second kappa shape index (κ2) is 11.1. The minimum Gasteiger partial charge on any atom is -0.508 e. The smallest absolute Gasteiger partial charge is 0.408 e. The fraction of sp³-hybridized carbons (Fsp3) is 0.654. The number of hydrogen-bond donors (Lipinski definition) is 3. The molecule has 3 N–H and O–H groups in total. The number of aryl methyl sites for hydroxylation is 1. The van der Waals surface area contributed by atoms with Crippen LogP contribution < -0.4 is 10.6 Å². The lowest BCUT2D eigenvalue weighted by atomic mass is 9.95. The van der Waals surface area contributed by atoms with Crippen molar-refractivity contribution in [3.63, 3.8) is 0 Å². The summed E-state index contributed by atoms with van der Waals surface area (Å²) in [6, 6.07) is 3.02. The average molecular weight is 476 g/mol. The largest absolute Gasteiger partial charge is 0.508 e. The maximum atomic E-state index is 14.0. The van der Waals surface area contributed by atoms with Crippen molar-refractivity contribution in [1.82, 2.24) is 15.5 Å². The normalized spacial score (nSPS) is 16.4. The highest BCUT2D eigenvalue weighted by molar-refractivity contribution is 5.93. The zero-order valence-corrected chi connectivity index (χ0v) is 21.8. The summed E-state index contributed by atoms with van der Waals surface area (Å²) in [5.74, 6) is -0.644. The van der Waals surface area contributed by atoms with Crippen LogP contribution in [0.25, 0.3) is 0 Å². The van der Waals surface area contributed by atoms with Gasteiger partial charge in [-0.15, -0.1) is 0 Å². The van der Waals surface area contributed by atoms with E-state index in [9.17, 15) is 19.5 Å². The third-order valence-corrected chi connectivity index (χ3v) is 5.84. The van der Waals surface area contributed by atoms with Crippen molar-refractivity contribution in [2.75, 3.05) is 0 Å². The number of amides is 3. The molecule has 1 fully saturated rings. The SMILES string of the molecule is CCC(C)C(NC(=O)OC(C)(C)C)C(=O)N(C1CC1)C(C(=O)NC(C)C)c1ccc(O)c(C)c1. The molecule has 1 aliphatic rings. The Labute approximate surface area is 203 Å². The van der Waals surface area contributed by atoms with Gasteiger partial charge in [-0.25, -0.2) is 4.79 Å². The number of hydrogen-bond acceptors (Lipinski definition) is 5. The van der Waals surface area contributed by atoms with Crippen molar-refractivity contribution < 1.29 is 24.2 Å². The van der Waals surface area contributed by atoms with E-state index in [0.29, 0.717) is 17.5 Å². The summed E-state index contributed by atoms with van der Waals surface area (Å²) < 4.78 is 5.42. The van der Waals surface area contributed by atoms with Crippen molar-refractivity contribution in [3.8, 4) is 5.75 Å². The molecule has 0 saturated heterocycles. The van der Waals surface area contributed by atoms with Crippen molar-refractivity contribution in [1.29, 1.82) is 0 Å². The van der Waals surface area contributed by atoms with Crippen LogP contribution in [0.15, 0.2) is 18.2 Å². The van der Waals surface area contributed by atoms with Gasteiger partial charge in [0, 0.05) is 12.1 Å². The Morgan fingerprint density at radius 3 is 2.24 bits per heavy atom. The first-order valence-electron chi connectivity index (χ1n) is 12.2. The lowest BCUT2D eigenvalue weighted by Crippen LogP contribution is -2.56. The number of benzene rings is 1. The molecule has 0 spiro atoms. The van der Waals surface area contributed by atoms with Gasteiger partial charge in [0.05, 0.1) is 0 Å². The molecule has 0 bridgehead atoms. The van der Waals surface area contributed by atoms with Gasteiger partial charge in [0.15, 0.2) is 0 Å². The summed E-state index contributed by atoms with van der Waals surface area (Å²) in [5.41, 5.74) is 0.536. The number of phenolic OH excluding ortho intramolecular Hbond substituents is 1. The highest BCUT2D eigenvalue weighted by Crippen LogP contribution is 2.37. The molecule has 3 atom stereocenters. The van der Waals surface area contributed by atoms with Gasteiger partial charge in [-0.05, 0) is 83.6 Å². The number of nitrogens with one attached hydrogen (secondary N) is 2. The molecule has 0 radical (unpaired) electrons. The number of carbonyl (C=O) groups excluding carboxylic acids is 3. The standard InChI is InChI=1S/C26H41N3O5/c1-9-16(4)21(28-25(33)34-26(6,7)8)24(32)29(19-11-12-19)22(23(31)27-15(2)3)18-10-13-20(30)17(5)14-18/h10,13-16,19,21-22,30H,9,11-12H2,1-8H3,(H,27,31)(H,28,33). The van der Waals surface area contributed by atoms with Crippen LogP contribution in [0, 0.1) is 12.8 Å². The monoisotopic (exact) mass is 475 g/mol. The lowest BCUT2D eigenvalue weighted by molar-refractivity contribution is -0.144. The van der Waals surface area contributed by atoms with E-state index in [4.69, 9.17) is 4.74 Å². The van der Waals surface area contributed by atoms with Gasteiger partial charge in [-0.1, -0.05) is 26.3 Å². The summed E-state index contributed by atoms with van der Waals surface area (Å²) in [6.45, 7) is 14.6. The Morgan fingerprint density at radius 2 is 1.76 bits per heavy atom. The number of alkyl carbamates (subject to hydrolysis) is 1. The quantitative estimate of drug-likeness (QED) is 0.496. The van der Waals surface area contributed by atoms with Gasteiger partial charge in [-0.2, -0.15) is 0 Å². The number of rotatable bonds is 9. The number of phenols is 1. The molecule has 2 rings (SSSR count). The van der Waals surface area contributed by atoms with Gasteiger partial charge in [0.2, 0.25) is 11.8 Å². The Kier molecular flexibility index (Phi) is 8.97. The molecule has 190 valence electrons. The van der Waals surface area contributed by atoms with E-state index in [-0.39, 0.29) is 35.6 Å². The van der Waals surface area contributed by atoms with Crippen molar-refractivity contribution >= 4 is 17.9 Å². The lowest BCUT2D eigenvalue weighted by Gasteiger charge is -2.36. The van der Waals surface area contributed by atoms with Gasteiger partial charge in [-0.3, -0.25) is 9.59 Å². The van der Waals surface area contributed by atoms with Crippen LogP contribution in [0.3, 0.4) is 0 Å². The van der Waals surface area contributed by atoms with E-state index in [1.165, 1.54) is 0 Å². The number of carbonyl (C=O) groups is 3. The molecule has 0 aromatic heterocycles. The first-order chi connectivity index (χ1) is 15.7. The van der Waals surface area contributed by atoms with Crippen LogP contribution >= 0.6 is 0 Å². The molecule has 0 heterocycles. The van der Waals surface area contributed by atoms with Crippen molar-refractivity contribution in [2.24, 2.45) is 5.92 Å². The minimum absolute atomic E-state index is 0.100. The van der Waals surface area contributed by atoms with E-state index < -0.39 is 23.8 Å². The molecule has 1 aliphatic carbocycles. The second-order valence-electron chi connectivity index (χ2n) is 10.6. The first kappa shape index (κ1) is 27.5. The topological polar surface area (TPSA) is 108 Å². The zero-order chi connectivity index (χ0) is 25.8. The molecule has 1 saturated carbocycles. The first-order valence-corrected chi connectivity index (χ1v) is 12.2. The van der Waals surface area contributed by atoms with Gasteiger partial charge in [0.25, 0.3) is 0 Å².